The zero-order valence-electron chi connectivity index (χ0n) is 14.2. The molecule has 2 heteroatoms. The van der Waals surface area contributed by atoms with E-state index in [4.69, 9.17) is 0 Å². The third-order valence-corrected chi connectivity index (χ3v) is 7.38. The fraction of sp³-hybridized carbons (Fsp3) is 0.429. The van der Waals surface area contributed by atoms with Crippen LogP contribution in [0.15, 0.2) is 60.7 Å². The van der Waals surface area contributed by atoms with Crippen LogP contribution in [-0.4, -0.2) is 17.8 Å². The lowest BCUT2D eigenvalue weighted by Gasteiger charge is -2.38. The molecule has 0 unspecified atom stereocenters. The minimum atomic E-state index is -0.368. The van der Waals surface area contributed by atoms with E-state index in [0.717, 1.165) is 5.92 Å². The Balaban J connectivity index is 1.75. The standard InChI is InChI=1S/C21H28NP/c1-2-3-10-19-15-17-22(18-16-19)23(20-11-6-4-7-12-20)21-13-8-5-9-14-21/h4-9,11-14,19H,2-3,10,15-18H2,1H3. The van der Waals surface area contributed by atoms with Crippen molar-refractivity contribution in [3.63, 3.8) is 0 Å². The molecule has 0 bridgehead atoms. The smallest absolute Gasteiger partial charge is 0.0281 e. The quantitative estimate of drug-likeness (QED) is 0.680. The fourth-order valence-corrected chi connectivity index (χ4v) is 6.01. The zero-order valence-corrected chi connectivity index (χ0v) is 15.1. The third-order valence-electron chi connectivity index (χ3n) is 4.84. The SMILES string of the molecule is CCCCC1CCN(P(c2ccccc2)c2ccccc2)CC1. The summed E-state index contributed by atoms with van der Waals surface area (Å²) in [5.41, 5.74) is 0. The van der Waals surface area contributed by atoms with Gasteiger partial charge in [0.15, 0.2) is 0 Å². The Bertz CT molecular complexity index is 521. The second-order valence-corrected chi connectivity index (χ2v) is 8.74. The molecular formula is C21H28NP. The average Bonchev–Trinajstić information content (AvgIpc) is 2.63. The minimum Gasteiger partial charge on any atom is -0.275 e. The molecule has 0 spiro atoms. The lowest BCUT2D eigenvalue weighted by molar-refractivity contribution is 0.271. The molecule has 1 aliphatic heterocycles. The average molecular weight is 325 g/mol. The molecule has 2 aromatic rings. The van der Waals surface area contributed by atoms with Crippen molar-refractivity contribution >= 4 is 18.7 Å². The van der Waals surface area contributed by atoms with Crippen molar-refractivity contribution in [3.05, 3.63) is 60.7 Å². The molecule has 0 atom stereocenters. The summed E-state index contributed by atoms with van der Waals surface area (Å²) in [4.78, 5) is 0. The molecule has 1 heterocycles. The summed E-state index contributed by atoms with van der Waals surface area (Å²) >= 11 is 0. The van der Waals surface area contributed by atoms with Crippen molar-refractivity contribution in [1.82, 2.24) is 4.67 Å². The largest absolute Gasteiger partial charge is 0.275 e. The predicted molar refractivity (Wildman–Crippen MR) is 103 cm³/mol. The number of hydrogen-bond acceptors (Lipinski definition) is 1. The summed E-state index contributed by atoms with van der Waals surface area (Å²) < 4.78 is 2.75. The van der Waals surface area contributed by atoms with E-state index in [1.165, 1.54) is 55.8 Å². The molecule has 23 heavy (non-hydrogen) atoms. The van der Waals surface area contributed by atoms with Crippen LogP contribution in [0.3, 0.4) is 0 Å². The number of rotatable bonds is 6. The fourth-order valence-electron chi connectivity index (χ4n) is 3.51. The number of piperidine rings is 1. The van der Waals surface area contributed by atoms with Crippen LogP contribution in [0.1, 0.15) is 39.0 Å². The molecule has 3 rings (SSSR count). The Morgan fingerprint density at radius 3 is 1.87 bits per heavy atom. The summed E-state index contributed by atoms with van der Waals surface area (Å²) in [5.74, 6) is 0.953. The maximum atomic E-state index is 2.75. The van der Waals surface area contributed by atoms with Crippen LogP contribution >= 0.6 is 8.07 Å². The summed E-state index contributed by atoms with van der Waals surface area (Å²) in [7, 11) is -0.368. The number of hydrogen-bond donors (Lipinski definition) is 0. The first-order valence-electron chi connectivity index (χ1n) is 9.03. The Kier molecular flexibility index (Phi) is 6.25. The Hall–Kier alpha value is -1.17. The van der Waals surface area contributed by atoms with Gasteiger partial charge in [-0.2, -0.15) is 0 Å². The van der Waals surface area contributed by atoms with Crippen molar-refractivity contribution in [2.45, 2.75) is 39.0 Å². The molecule has 1 fully saturated rings. The lowest BCUT2D eigenvalue weighted by Crippen LogP contribution is -2.35. The molecule has 1 saturated heterocycles. The van der Waals surface area contributed by atoms with Gasteiger partial charge in [0.25, 0.3) is 0 Å². The second kappa shape index (κ2) is 8.62. The van der Waals surface area contributed by atoms with Crippen LogP contribution in [0.25, 0.3) is 0 Å². The van der Waals surface area contributed by atoms with Crippen molar-refractivity contribution in [2.75, 3.05) is 13.1 Å². The summed E-state index contributed by atoms with van der Waals surface area (Å²) in [6.07, 6.45) is 6.91. The van der Waals surface area contributed by atoms with Crippen molar-refractivity contribution < 1.29 is 0 Å². The van der Waals surface area contributed by atoms with Gasteiger partial charge in [-0.25, -0.2) is 0 Å². The van der Waals surface area contributed by atoms with Crippen LogP contribution < -0.4 is 10.6 Å². The number of unbranched alkanes of at least 4 members (excludes halogenated alkanes) is 1. The minimum absolute atomic E-state index is 0.368. The second-order valence-electron chi connectivity index (χ2n) is 6.52. The van der Waals surface area contributed by atoms with E-state index in [2.05, 4.69) is 72.3 Å². The van der Waals surface area contributed by atoms with Crippen molar-refractivity contribution in [3.8, 4) is 0 Å². The molecular weight excluding hydrogens is 297 g/mol. The van der Waals surface area contributed by atoms with Crippen LogP contribution in [0, 0.1) is 5.92 Å². The maximum absolute atomic E-state index is 2.75. The van der Waals surface area contributed by atoms with Crippen LogP contribution in [-0.2, 0) is 0 Å². The summed E-state index contributed by atoms with van der Waals surface area (Å²) in [5, 5.41) is 2.97. The van der Waals surface area contributed by atoms with Crippen LogP contribution in [0.5, 0.6) is 0 Å². The molecule has 2 aromatic carbocycles. The van der Waals surface area contributed by atoms with Gasteiger partial charge >= 0.3 is 0 Å². The van der Waals surface area contributed by atoms with Gasteiger partial charge in [-0.3, -0.25) is 4.67 Å². The predicted octanol–water partition coefficient (Wildman–Crippen LogP) is 4.94. The first kappa shape index (κ1) is 16.7. The molecule has 0 amide bonds. The van der Waals surface area contributed by atoms with Gasteiger partial charge in [-0.05, 0) is 29.4 Å². The van der Waals surface area contributed by atoms with E-state index in [9.17, 15) is 0 Å². The molecule has 0 aromatic heterocycles. The monoisotopic (exact) mass is 325 g/mol. The van der Waals surface area contributed by atoms with E-state index < -0.39 is 0 Å². The molecule has 1 nitrogen and oxygen atoms in total. The van der Waals surface area contributed by atoms with Crippen LogP contribution in [0.4, 0.5) is 0 Å². The number of nitrogens with zero attached hydrogens (tertiary/aromatic N) is 1. The first-order valence-corrected chi connectivity index (χ1v) is 10.3. The van der Waals surface area contributed by atoms with E-state index in [1.807, 2.05) is 0 Å². The Labute approximate surface area is 142 Å². The van der Waals surface area contributed by atoms with Gasteiger partial charge in [0.1, 0.15) is 0 Å². The lowest BCUT2D eigenvalue weighted by atomic mass is 9.93. The third kappa shape index (κ3) is 4.43. The first-order chi connectivity index (χ1) is 11.4. The van der Waals surface area contributed by atoms with Gasteiger partial charge in [0.05, 0.1) is 0 Å². The number of benzene rings is 2. The topological polar surface area (TPSA) is 3.24 Å². The zero-order chi connectivity index (χ0) is 15.9. The van der Waals surface area contributed by atoms with Crippen molar-refractivity contribution in [2.24, 2.45) is 5.92 Å². The van der Waals surface area contributed by atoms with Gasteiger partial charge in [0.2, 0.25) is 0 Å². The summed E-state index contributed by atoms with van der Waals surface area (Å²) in [6.45, 7) is 4.81. The highest BCUT2D eigenvalue weighted by Gasteiger charge is 2.26. The summed E-state index contributed by atoms with van der Waals surface area (Å²) in [6, 6.07) is 22.2. The Morgan fingerprint density at radius 1 is 0.870 bits per heavy atom. The molecule has 0 N–H and O–H groups in total. The molecule has 122 valence electrons. The highest BCUT2D eigenvalue weighted by atomic mass is 31.1. The molecule has 0 radical (unpaired) electrons. The molecule has 0 saturated carbocycles. The van der Waals surface area contributed by atoms with E-state index in [0.29, 0.717) is 0 Å². The Morgan fingerprint density at radius 2 is 1.39 bits per heavy atom. The molecule has 0 aliphatic carbocycles. The normalized spacial score (nSPS) is 16.8. The van der Waals surface area contributed by atoms with E-state index in [1.54, 1.807) is 0 Å². The van der Waals surface area contributed by atoms with Gasteiger partial charge in [0, 0.05) is 21.2 Å². The van der Waals surface area contributed by atoms with Gasteiger partial charge in [-0.15, -0.1) is 0 Å². The van der Waals surface area contributed by atoms with E-state index in [-0.39, 0.29) is 8.07 Å². The maximum Gasteiger partial charge on any atom is 0.0281 e. The van der Waals surface area contributed by atoms with Gasteiger partial charge in [-0.1, -0.05) is 86.8 Å². The highest BCUT2D eigenvalue weighted by molar-refractivity contribution is 7.70. The van der Waals surface area contributed by atoms with E-state index >= 15 is 0 Å². The highest BCUT2D eigenvalue weighted by Crippen LogP contribution is 2.41. The van der Waals surface area contributed by atoms with Crippen LogP contribution in [0.2, 0.25) is 0 Å². The van der Waals surface area contributed by atoms with Crippen molar-refractivity contribution in [1.29, 1.82) is 0 Å². The molecule has 1 aliphatic rings. The van der Waals surface area contributed by atoms with Gasteiger partial charge < -0.3 is 0 Å².